The van der Waals surface area contributed by atoms with Crippen molar-refractivity contribution in [1.29, 1.82) is 0 Å². The van der Waals surface area contributed by atoms with Crippen LogP contribution in [0, 0.1) is 0 Å². The van der Waals surface area contributed by atoms with Crippen LogP contribution in [0.3, 0.4) is 0 Å². The van der Waals surface area contributed by atoms with E-state index < -0.39 is 12.0 Å². The molecule has 0 heterocycles. The molecule has 0 radical (unpaired) electrons. The number of halogens is 1. The number of carboxylic acids is 1. The van der Waals surface area contributed by atoms with E-state index in [0.29, 0.717) is 11.6 Å². The average molecular weight is 327 g/mol. The number of rotatable bonds is 8. The summed E-state index contributed by atoms with van der Waals surface area (Å²) in [4.78, 5) is 24.9. The third-order valence-electron chi connectivity index (χ3n) is 3.51. The molecule has 1 aromatic rings. The molecule has 6 heteroatoms. The summed E-state index contributed by atoms with van der Waals surface area (Å²) in [6.07, 6.45) is 0.789. The van der Waals surface area contributed by atoms with Crippen LogP contribution in [0.15, 0.2) is 24.3 Å². The van der Waals surface area contributed by atoms with Crippen molar-refractivity contribution in [1.82, 2.24) is 10.2 Å². The molecule has 0 aromatic heterocycles. The Balaban J connectivity index is 2.68. The Kier molecular flexibility index (Phi) is 7.35. The lowest BCUT2D eigenvalue weighted by Gasteiger charge is -2.27. The second-order valence-corrected chi connectivity index (χ2v) is 5.76. The first-order valence-electron chi connectivity index (χ1n) is 7.36. The molecule has 0 aliphatic heterocycles. The SMILES string of the molecule is CCCN(CC(=O)O)C(C)C(=O)NC(C)c1ccc(Cl)cc1. The van der Waals surface area contributed by atoms with Gasteiger partial charge in [-0.05, 0) is 44.5 Å². The predicted octanol–water partition coefficient (Wildman–Crippen LogP) is 2.70. The summed E-state index contributed by atoms with van der Waals surface area (Å²) in [6, 6.07) is 6.61. The Morgan fingerprint density at radius 3 is 2.36 bits per heavy atom. The quantitative estimate of drug-likeness (QED) is 0.770. The zero-order valence-electron chi connectivity index (χ0n) is 13.2. The second kappa shape index (κ2) is 8.76. The molecule has 0 saturated heterocycles. The lowest BCUT2D eigenvalue weighted by Crippen LogP contribution is -2.47. The highest BCUT2D eigenvalue weighted by atomic mass is 35.5. The van der Waals surface area contributed by atoms with Gasteiger partial charge in [-0.15, -0.1) is 0 Å². The number of carbonyl (C=O) groups excluding carboxylic acids is 1. The minimum Gasteiger partial charge on any atom is -0.480 e. The minimum atomic E-state index is -0.932. The van der Waals surface area contributed by atoms with Gasteiger partial charge in [0.25, 0.3) is 0 Å². The zero-order valence-corrected chi connectivity index (χ0v) is 13.9. The summed E-state index contributed by atoms with van der Waals surface area (Å²) in [5, 5.41) is 12.5. The van der Waals surface area contributed by atoms with Crippen LogP contribution >= 0.6 is 11.6 Å². The number of nitrogens with one attached hydrogen (secondary N) is 1. The summed E-state index contributed by atoms with van der Waals surface area (Å²) >= 11 is 5.85. The van der Waals surface area contributed by atoms with Crippen LogP contribution in [-0.4, -0.2) is 41.0 Å². The Morgan fingerprint density at radius 1 is 1.27 bits per heavy atom. The van der Waals surface area contributed by atoms with Crippen LogP contribution in [0.1, 0.15) is 38.8 Å². The maximum atomic E-state index is 12.3. The number of hydrogen-bond donors (Lipinski definition) is 2. The molecule has 0 aliphatic carbocycles. The van der Waals surface area contributed by atoms with Crippen LogP contribution in [0.4, 0.5) is 0 Å². The first kappa shape index (κ1) is 18.5. The summed E-state index contributed by atoms with van der Waals surface area (Å²) in [7, 11) is 0. The molecule has 2 atom stereocenters. The van der Waals surface area contributed by atoms with Gasteiger partial charge in [0.05, 0.1) is 18.6 Å². The van der Waals surface area contributed by atoms with E-state index in [1.54, 1.807) is 24.0 Å². The topological polar surface area (TPSA) is 69.6 Å². The highest BCUT2D eigenvalue weighted by Crippen LogP contribution is 2.16. The van der Waals surface area contributed by atoms with Gasteiger partial charge in [-0.2, -0.15) is 0 Å². The summed E-state index contributed by atoms with van der Waals surface area (Å²) in [6.45, 7) is 5.99. The van der Waals surface area contributed by atoms with Gasteiger partial charge in [0.1, 0.15) is 0 Å². The molecule has 0 spiro atoms. The van der Waals surface area contributed by atoms with E-state index in [9.17, 15) is 9.59 Å². The second-order valence-electron chi connectivity index (χ2n) is 5.32. The normalized spacial score (nSPS) is 13.7. The number of amides is 1. The number of benzene rings is 1. The molecule has 1 amide bonds. The Morgan fingerprint density at radius 2 is 1.86 bits per heavy atom. The molecule has 122 valence electrons. The monoisotopic (exact) mass is 326 g/mol. The largest absolute Gasteiger partial charge is 0.480 e. The van der Waals surface area contributed by atoms with E-state index in [0.717, 1.165) is 12.0 Å². The lowest BCUT2D eigenvalue weighted by molar-refractivity contribution is -0.139. The number of nitrogens with zero attached hydrogens (tertiary/aromatic N) is 1. The van der Waals surface area contributed by atoms with Crippen LogP contribution in [-0.2, 0) is 9.59 Å². The summed E-state index contributed by atoms with van der Waals surface area (Å²) in [5.74, 6) is -1.11. The van der Waals surface area contributed by atoms with Gasteiger partial charge in [0.15, 0.2) is 0 Å². The zero-order chi connectivity index (χ0) is 16.7. The lowest BCUT2D eigenvalue weighted by atomic mass is 10.1. The molecule has 0 bridgehead atoms. The molecule has 0 aliphatic rings. The van der Waals surface area contributed by atoms with Gasteiger partial charge in [0.2, 0.25) is 5.91 Å². The average Bonchev–Trinajstić information content (AvgIpc) is 2.46. The van der Waals surface area contributed by atoms with Gasteiger partial charge in [-0.3, -0.25) is 14.5 Å². The Hall–Kier alpha value is -1.59. The molecule has 0 saturated carbocycles. The molecule has 2 unspecified atom stereocenters. The molecule has 0 fully saturated rings. The third-order valence-corrected chi connectivity index (χ3v) is 3.76. The maximum absolute atomic E-state index is 12.3. The number of carbonyl (C=O) groups is 2. The molecule has 22 heavy (non-hydrogen) atoms. The van der Waals surface area contributed by atoms with Crippen LogP contribution < -0.4 is 5.32 Å². The Labute approximate surface area is 136 Å². The van der Waals surface area contributed by atoms with Crippen LogP contribution in [0.2, 0.25) is 5.02 Å². The fourth-order valence-corrected chi connectivity index (χ4v) is 2.33. The molecular weight excluding hydrogens is 304 g/mol. The van der Waals surface area contributed by atoms with Crippen LogP contribution in [0.25, 0.3) is 0 Å². The van der Waals surface area contributed by atoms with Crippen LogP contribution in [0.5, 0.6) is 0 Å². The van der Waals surface area contributed by atoms with Crippen molar-refractivity contribution in [3.05, 3.63) is 34.9 Å². The van der Waals surface area contributed by atoms with Crippen molar-refractivity contribution in [3.63, 3.8) is 0 Å². The van der Waals surface area contributed by atoms with Crippen molar-refractivity contribution < 1.29 is 14.7 Å². The van der Waals surface area contributed by atoms with E-state index in [-0.39, 0.29) is 18.5 Å². The molecule has 5 nitrogen and oxygen atoms in total. The fourth-order valence-electron chi connectivity index (χ4n) is 2.21. The van der Waals surface area contributed by atoms with Gasteiger partial charge in [0, 0.05) is 5.02 Å². The molecular formula is C16H23ClN2O3. The number of hydrogen-bond acceptors (Lipinski definition) is 3. The summed E-state index contributed by atoms with van der Waals surface area (Å²) in [5.41, 5.74) is 0.949. The Bertz CT molecular complexity index is 505. The van der Waals surface area contributed by atoms with Crippen molar-refractivity contribution in [2.75, 3.05) is 13.1 Å². The smallest absolute Gasteiger partial charge is 0.317 e. The fraction of sp³-hybridized carbons (Fsp3) is 0.500. The van der Waals surface area contributed by atoms with E-state index in [1.807, 2.05) is 26.0 Å². The standard InChI is InChI=1S/C16H23ClN2O3/c1-4-9-19(10-15(20)21)12(3)16(22)18-11(2)13-5-7-14(17)8-6-13/h5-8,11-12H,4,9-10H2,1-3H3,(H,18,22)(H,20,21). The van der Waals surface area contributed by atoms with E-state index in [4.69, 9.17) is 16.7 Å². The number of carboxylic acid groups (broad SMARTS) is 1. The first-order chi connectivity index (χ1) is 10.3. The number of aliphatic carboxylic acids is 1. The first-order valence-corrected chi connectivity index (χ1v) is 7.74. The van der Waals surface area contributed by atoms with Gasteiger partial charge in [-0.25, -0.2) is 0 Å². The highest BCUT2D eigenvalue weighted by molar-refractivity contribution is 6.30. The van der Waals surface area contributed by atoms with Crippen molar-refractivity contribution in [2.45, 2.75) is 39.3 Å². The van der Waals surface area contributed by atoms with E-state index >= 15 is 0 Å². The third kappa shape index (κ3) is 5.66. The maximum Gasteiger partial charge on any atom is 0.317 e. The predicted molar refractivity (Wildman–Crippen MR) is 87.0 cm³/mol. The van der Waals surface area contributed by atoms with Gasteiger partial charge >= 0.3 is 5.97 Å². The van der Waals surface area contributed by atoms with Crippen molar-refractivity contribution in [3.8, 4) is 0 Å². The van der Waals surface area contributed by atoms with E-state index in [1.165, 1.54) is 0 Å². The molecule has 1 rings (SSSR count). The van der Waals surface area contributed by atoms with Gasteiger partial charge < -0.3 is 10.4 Å². The van der Waals surface area contributed by atoms with Gasteiger partial charge in [-0.1, -0.05) is 30.7 Å². The summed E-state index contributed by atoms with van der Waals surface area (Å²) < 4.78 is 0. The van der Waals surface area contributed by atoms with E-state index in [2.05, 4.69) is 5.32 Å². The molecule has 2 N–H and O–H groups in total. The highest BCUT2D eigenvalue weighted by Gasteiger charge is 2.23. The van der Waals surface area contributed by atoms with Crippen molar-refractivity contribution >= 4 is 23.5 Å². The molecule has 1 aromatic carbocycles. The minimum absolute atomic E-state index is 0.141. The van der Waals surface area contributed by atoms with Crippen molar-refractivity contribution in [2.24, 2.45) is 0 Å².